The highest BCUT2D eigenvalue weighted by atomic mass is 35.5. The molecule has 0 aromatic heterocycles. The van der Waals surface area contributed by atoms with Crippen molar-refractivity contribution < 1.29 is 23.8 Å². The largest absolute Gasteiger partial charge is 0.454 e. The number of methoxy groups -OCH3 is 1. The van der Waals surface area contributed by atoms with Crippen LogP contribution in [0.3, 0.4) is 0 Å². The third-order valence-corrected chi connectivity index (χ3v) is 5.29. The molecular formula is C22H26ClN3O5. The van der Waals surface area contributed by atoms with Gasteiger partial charge < -0.3 is 24.8 Å². The summed E-state index contributed by atoms with van der Waals surface area (Å²) in [5.41, 5.74) is 7.27. The molecule has 1 aliphatic heterocycles. The minimum atomic E-state index is -0.592. The molecule has 3 N–H and O–H groups in total. The summed E-state index contributed by atoms with van der Waals surface area (Å²) in [5.74, 6) is 0.948. The summed E-state index contributed by atoms with van der Waals surface area (Å²) in [6.45, 7) is 5.14. The quantitative estimate of drug-likeness (QED) is 0.667. The number of ether oxygens (including phenoxy) is 3. The highest BCUT2D eigenvalue weighted by Gasteiger charge is 2.27. The van der Waals surface area contributed by atoms with Crippen LogP contribution in [0.1, 0.15) is 29.8 Å². The zero-order valence-electron chi connectivity index (χ0n) is 17.7. The zero-order valence-corrected chi connectivity index (χ0v) is 18.5. The molecule has 0 saturated heterocycles. The van der Waals surface area contributed by atoms with Gasteiger partial charge in [-0.25, -0.2) is 4.79 Å². The van der Waals surface area contributed by atoms with Crippen LogP contribution in [0.25, 0.3) is 0 Å². The number of rotatable bonds is 7. The predicted octanol–water partition coefficient (Wildman–Crippen LogP) is 3.87. The zero-order chi connectivity index (χ0) is 22.6. The van der Waals surface area contributed by atoms with Crippen LogP contribution in [-0.2, 0) is 11.3 Å². The first-order valence-corrected chi connectivity index (χ1v) is 10.1. The van der Waals surface area contributed by atoms with E-state index in [0.717, 1.165) is 0 Å². The molecule has 166 valence electrons. The average Bonchev–Trinajstić information content (AvgIpc) is 3.22. The lowest BCUT2D eigenvalue weighted by atomic mass is 9.92. The molecule has 0 unspecified atom stereocenters. The smallest absolute Gasteiger partial charge is 0.411 e. The first-order chi connectivity index (χ1) is 14.7. The second kappa shape index (κ2) is 9.45. The van der Waals surface area contributed by atoms with Gasteiger partial charge in [0.15, 0.2) is 11.5 Å². The van der Waals surface area contributed by atoms with Gasteiger partial charge in [0.05, 0.1) is 7.11 Å². The topological polar surface area (TPSA) is 103 Å². The molecule has 31 heavy (non-hydrogen) atoms. The van der Waals surface area contributed by atoms with Crippen molar-refractivity contribution in [3.63, 3.8) is 0 Å². The number of hydrogen-bond acceptors (Lipinski definition) is 6. The Morgan fingerprint density at radius 3 is 2.65 bits per heavy atom. The van der Waals surface area contributed by atoms with Crippen LogP contribution in [0, 0.1) is 5.41 Å². The molecule has 1 heterocycles. The van der Waals surface area contributed by atoms with Gasteiger partial charge in [-0.1, -0.05) is 25.4 Å². The van der Waals surface area contributed by atoms with Crippen LogP contribution in [0.4, 0.5) is 10.5 Å². The van der Waals surface area contributed by atoms with Crippen LogP contribution in [0.2, 0.25) is 5.02 Å². The SMILES string of the molecule is COC(=O)Nc1ccc(Cl)c(CN(CC(C)(C)CN)C(=O)c2ccc3c(c2)OCO3)c1. The van der Waals surface area contributed by atoms with E-state index in [1.807, 2.05) is 13.8 Å². The van der Waals surface area contributed by atoms with Gasteiger partial charge in [0.1, 0.15) is 0 Å². The molecule has 0 spiro atoms. The minimum Gasteiger partial charge on any atom is -0.454 e. The fraction of sp³-hybridized carbons (Fsp3) is 0.364. The Bertz CT molecular complexity index is 980. The van der Waals surface area contributed by atoms with Crippen LogP contribution in [-0.4, -0.2) is 43.9 Å². The maximum absolute atomic E-state index is 13.4. The molecule has 1 aliphatic rings. The van der Waals surface area contributed by atoms with Crippen molar-refractivity contribution in [3.8, 4) is 11.5 Å². The van der Waals surface area contributed by atoms with Crippen molar-refractivity contribution in [1.82, 2.24) is 4.90 Å². The highest BCUT2D eigenvalue weighted by Crippen LogP contribution is 2.33. The Labute approximate surface area is 186 Å². The molecular weight excluding hydrogens is 422 g/mol. The van der Waals surface area contributed by atoms with E-state index in [0.29, 0.717) is 46.4 Å². The number of nitrogens with zero attached hydrogens (tertiary/aromatic N) is 1. The summed E-state index contributed by atoms with van der Waals surface area (Å²) >= 11 is 6.40. The summed E-state index contributed by atoms with van der Waals surface area (Å²) in [6.07, 6.45) is -0.592. The number of halogens is 1. The molecule has 2 aromatic rings. The lowest BCUT2D eigenvalue weighted by Gasteiger charge is -2.32. The van der Waals surface area contributed by atoms with Gasteiger partial charge in [0, 0.05) is 29.4 Å². The molecule has 8 nitrogen and oxygen atoms in total. The van der Waals surface area contributed by atoms with E-state index in [1.165, 1.54) is 7.11 Å². The molecule has 3 rings (SSSR count). The average molecular weight is 448 g/mol. The first-order valence-electron chi connectivity index (χ1n) is 9.75. The van der Waals surface area contributed by atoms with Crippen LogP contribution >= 0.6 is 11.6 Å². The van der Waals surface area contributed by atoms with E-state index in [9.17, 15) is 9.59 Å². The van der Waals surface area contributed by atoms with Crippen LogP contribution in [0.15, 0.2) is 36.4 Å². The second-order valence-electron chi connectivity index (χ2n) is 8.02. The third-order valence-electron chi connectivity index (χ3n) is 4.92. The number of anilines is 1. The van der Waals surface area contributed by atoms with Gasteiger partial charge in [0.25, 0.3) is 5.91 Å². The molecule has 0 bridgehead atoms. The number of carbonyl (C=O) groups excluding carboxylic acids is 2. The number of nitrogens with two attached hydrogens (primary N) is 1. The lowest BCUT2D eigenvalue weighted by Crippen LogP contribution is -2.41. The third kappa shape index (κ3) is 5.59. The summed E-state index contributed by atoms with van der Waals surface area (Å²) in [4.78, 5) is 26.7. The maximum Gasteiger partial charge on any atom is 0.411 e. The molecule has 0 saturated carbocycles. The number of nitrogens with one attached hydrogen (secondary N) is 1. The van der Waals surface area contributed by atoms with E-state index < -0.39 is 6.09 Å². The molecule has 0 atom stereocenters. The number of fused-ring (bicyclic) bond motifs is 1. The summed E-state index contributed by atoms with van der Waals surface area (Å²) in [6, 6.07) is 10.1. The van der Waals surface area contributed by atoms with Gasteiger partial charge in [-0.15, -0.1) is 0 Å². The Kier molecular flexibility index (Phi) is 6.92. The monoisotopic (exact) mass is 447 g/mol. The fourth-order valence-corrected chi connectivity index (χ4v) is 3.32. The van der Waals surface area contributed by atoms with Crippen molar-refractivity contribution in [2.24, 2.45) is 11.1 Å². The van der Waals surface area contributed by atoms with E-state index in [1.54, 1.807) is 41.3 Å². The van der Waals surface area contributed by atoms with Gasteiger partial charge in [-0.3, -0.25) is 10.1 Å². The minimum absolute atomic E-state index is 0.131. The molecule has 2 amide bonds. The van der Waals surface area contributed by atoms with Crippen LogP contribution < -0.4 is 20.5 Å². The van der Waals surface area contributed by atoms with Gasteiger partial charge in [-0.2, -0.15) is 0 Å². The highest BCUT2D eigenvalue weighted by molar-refractivity contribution is 6.31. The standard InChI is InChI=1S/C22H26ClN3O5/c1-22(2,11-24)12-26(20(27)14-4-7-18-19(9-14)31-13-30-18)10-15-8-16(5-6-17(15)23)25-21(28)29-3/h4-9H,10-13,24H2,1-3H3,(H,25,28). The van der Waals surface area contributed by atoms with E-state index in [4.69, 9.17) is 26.8 Å². The Hall–Kier alpha value is -2.97. The Morgan fingerprint density at radius 1 is 1.19 bits per heavy atom. The maximum atomic E-state index is 13.4. The number of amides is 2. The molecule has 9 heteroatoms. The van der Waals surface area contributed by atoms with Crippen molar-refractivity contribution in [2.75, 3.05) is 32.3 Å². The van der Waals surface area contributed by atoms with Crippen molar-refractivity contribution in [2.45, 2.75) is 20.4 Å². The summed E-state index contributed by atoms with van der Waals surface area (Å²) in [7, 11) is 1.28. The summed E-state index contributed by atoms with van der Waals surface area (Å²) in [5, 5.41) is 3.08. The first kappa shape index (κ1) is 22.7. The van der Waals surface area contributed by atoms with Crippen molar-refractivity contribution in [1.29, 1.82) is 0 Å². The summed E-state index contributed by atoms with van der Waals surface area (Å²) < 4.78 is 15.4. The van der Waals surface area contributed by atoms with E-state index >= 15 is 0 Å². The number of carbonyl (C=O) groups is 2. The van der Waals surface area contributed by atoms with Crippen LogP contribution in [0.5, 0.6) is 11.5 Å². The van der Waals surface area contributed by atoms with Crippen molar-refractivity contribution in [3.05, 3.63) is 52.5 Å². The number of benzene rings is 2. The number of hydrogen-bond donors (Lipinski definition) is 2. The Balaban J connectivity index is 1.90. The predicted molar refractivity (Wildman–Crippen MR) is 118 cm³/mol. The van der Waals surface area contributed by atoms with Gasteiger partial charge in [-0.05, 0) is 53.9 Å². The van der Waals surface area contributed by atoms with Gasteiger partial charge in [0.2, 0.25) is 6.79 Å². The normalized spacial score (nSPS) is 12.4. The van der Waals surface area contributed by atoms with E-state index in [-0.39, 0.29) is 24.7 Å². The Morgan fingerprint density at radius 2 is 1.94 bits per heavy atom. The molecule has 0 fully saturated rings. The molecule has 0 aliphatic carbocycles. The molecule has 0 radical (unpaired) electrons. The molecule has 2 aromatic carbocycles. The lowest BCUT2D eigenvalue weighted by molar-refractivity contribution is 0.0673. The second-order valence-corrected chi connectivity index (χ2v) is 8.43. The fourth-order valence-electron chi connectivity index (χ4n) is 3.14. The van der Waals surface area contributed by atoms with Crippen molar-refractivity contribution >= 4 is 29.3 Å². The van der Waals surface area contributed by atoms with Gasteiger partial charge >= 0.3 is 6.09 Å². The van der Waals surface area contributed by atoms with E-state index in [2.05, 4.69) is 10.1 Å².